The predicted molar refractivity (Wildman–Crippen MR) is 76.8 cm³/mol. The van der Waals surface area contributed by atoms with Gasteiger partial charge in [0, 0.05) is 23.2 Å². The fraction of sp³-hybridized carbons (Fsp3) is 0.571. The molecule has 2 atom stereocenters. The number of rotatable bonds is 2. The van der Waals surface area contributed by atoms with Gasteiger partial charge in [-0.05, 0) is 37.0 Å². The van der Waals surface area contributed by atoms with E-state index in [-0.39, 0.29) is 0 Å². The van der Waals surface area contributed by atoms with Crippen molar-refractivity contribution in [3.8, 4) is 0 Å². The molecule has 0 radical (unpaired) electrons. The lowest BCUT2D eigenvalue weighted by Gasteiger charge is -2.40. The molecule has 0 aromatic heterocycles. The fourth-order valence-corrected chi connectivity index (χ4v) is 3.55. The monoisotopic (exact) mass is 310 g/mol. The lowest BCUT2D eigenvalue weighted by Crippen LogP contribution is -2.49. The number of hydrogen-bond acceptors (Lipinski definition) is 3. The van der Waals surface area contributed by atoms with Gasteiger partial charge in [-0.1, -0.05) is 22.0 Å². The molecule has 1 heterocycles. The Morgan fingerprint density at radius 3 is 3.11 bits per heavy atom. The Balaban J connectivity index is 1.95. The first-order valence-electron chi connectivity index (χ1n) is 6.66. The Morgan fingerprint density at radius 1 is 1.39 bits per heavy atom. The van der Waals surface area contributed by atoms with Crippen molar-refractivity contribution in [3.63, 3.8) is 0 Å². The Labute approximate surface area is 116 Å². The third-order valence-electron chi connectivity index (χ3n) is 4.06. The van der Waals surface area contributed by atoms with Gasteiger partial charge in [0.2, 0.25) is 0 Å². The Hall–Kier alpha value is -0.580. The maximum Gasteiger partial charge on any atom is 0.0779 e. The molecule has 1 saturated heterocycles. The molecule has 0 amide bonds. The molecule has 1 aromatic rings. The van der Waals surface area contributed by atoms with Gasteiger partial charge in [0.15, 0.2) is 0 Å². The summed E-state index contributed by atoms with van der Waals surface area (Å²) in [7, 11) is 0. The molecular weight excluding hydrogens is 292 g/mol. The molecule has 98 valence electrons. The smallest absolute Gasteiger partial charge is 0.0779 e. The van der Waals surface area contributed by atoms with Gasteiger partial charge in [0.05, 0.1) is 18.8 Å². The van der Waals surface area contributed by atoms with E-state index in [1.807, 2.05) is 0 Å². The summed E-state index contributed by atoms with van der Waals surface area (Å²) in [5.74, 6) is 0. The van der Waals surface area contributed by atoms with Gasteiger partial charge < -0.3 is 15.4 Å². The third kappa shape index (κ3) is 2.17. The average Bonchev–Trinajstić information content (AvgIpc) is 2.86. The van der Waals surface area contributed by atoms with Crippen molar-refractivity contribution < 1.29 is 4.74 Å². The van der Waals surface area contributed by atoms with E-state index < -0.39 is 0 Å². The lowest BCUT2D eigenvalue weighted by molar-refractivity contribution is 0.0256. The molecule has 2 N–H and O–H groups in total. The van der Waals surface area contributed by atoms with Gasteiger partial charge in [0.25, 0.3) is 0 Å². The second-order valence-corrected chi connectivity index (χ2v) is 5.99. The zero-order chi connectivity index (χ0) is 12.5. The van der Waals surface area contributed by atoms with Crippen LogP contribution in [0.3, 0.4) is 0 Å². The zero-order valence-corrected chi connectivity index (χ0v) is 12.0. The maximum absolute atomic E-state index is 5.87. The highest BCUT2D eigenvalue weighted by atomic mass is 79.9. The van der Waals surface area contributed by atoms with Crippen molar-refractivity contribution in [3.05, 3.63) is 28.2 Å². The van der Waals surface area contributed by atoms with Crippen LogP contribution >= 0.6 is 15.9 Å². The summed E-state index contributed by atoms with van der Waals surface area (Å²) in [6.07, 6.45) is 4.13. The van der Waals surface area contributed by atoms with Crippen LogP contribution in [-0.4, -0.2) is 25.3 Å². The summed E-state index contributed by atoms with van der Waals surface area (Å²) in [6, 6.07) is 6.93. The molecule has 1 aliphatic carbocycles. The fourth-order valence-electron chi connectivity index (χ4n) is 3.20. The minimum absolute atomic E-state index is 0.420. The average molecular weight is 311 g/mol. The van der Waals surface area contributed by atoms with Crippen molar-refractivity contribution in [2.24, 2.45) is 5.73 Å². The number of morpholine rings is 1. The lowest BCUT2D eigenvalue weighted by atomic mass is 10.1. The molecule has 3 rings (SSSR count). The number of anilines is 1. The number of fused-ring (bicyclic) bond motifs is 1. The standard InChI is InChI=1S/C14H19BrN2O/c15-11-5-4-10(9-16)13(8-11)17-6-7-18-14-3-1-2-12(14)17/h4-5,8,12,14H,1-3,6-7,9,16H2. The second-order valence-electron chi connectivity index (χ2n) is 5.08. The van der Waals surface area contributed by atoms with E-state index in [0.717, 1.165) is 17.6 Å². The largest absolute Gasteiger partial charge is 0.374 e. The number of hydrogen-bond donors (Lipinski definition) is 1. The molecule has 2 aliphatic rings. The molecule has 3 nitrogen and oxygen atoms in total. The SMILES string of the molecule is NCc1ccc(Br)cc1N1CCOC2CCCC21. The summed E-state index contributed by atoms with van der Waals surface area (Å²) in [5, 5.41) is 0. The van der Waals surface area contributed by atoms with Gasteiger partial charge in [0.1, 0.15) is 0 Å². The van der Waals surface area contributed by atoms with Gasteiger partial charge in [-0.3, -0.25) is 0 Å². The highest BCUT2D eigenvalue weighted by Gasteiger charge is 2.36. The van der Waals surface area contributed by atoms with Gasteiger partial charge >= 0.3 is 0 Å². The van der Waals surface area contributed by atoms with E-state index in [1.165, 1.54) is 30.5 Å². The summed E-state index contributed by atoms with van der Waals surface area (Å²) in [5.41, 5.74) is 8.38. The van der Waals surface area contributed by atoms with Crippen LogP contribution in [0.5, 0.6) is 0 Å². The first-order valence-corrected chi connectivity index (χ1v) is 7.45. The number of nitrogens with two attached hydrogens (primary N) is 1. The van der Waals surface area contributed by atoms with Gasteiger partial charge in [-0.15, -0.1) is 0 Å². The molecule has 4 heteroatoms. The Morgan fingerprint density at radius 2 is 2.28 bits per heavy atom. The molecule has 0 spiro atoms. The number of halogens is 1. The van der Waals surface area contributed by atoms with Crippen LogP contribution in [0.15, 0.2) is 22.7 Å². The molecule has 1 aliphatic heterocycles. The highest BCUT2D eigenvalue weighted by molar-refractivity contribution is 9.10. The van der Waals surface area contributed by atoms with E-state index in [2.05, 4.69) is 39.0 Å². The van der Waals surface area contributed by atoms with Crippen LogP contribution in [0.2, 0.25) is 0 Å². The van der Waals surface area contributed by atoms with E-state index in [1.54, 1.807) is 0 Å². The van der Waals surface area contributed by atoms with Crippen LogP contribution < -0.4 is 10.6 Å². The van der Waals surface area contributed by atoms with Crippen molar-refractivity contribution in [2.45, 2.75) is 38.0 Å². The Kier molecular flexibility index (Phi) is 3.59. The number of nitrogens with zero attached hydrogens (tertiary/aromatic N) is 1. The minimum atomic E-state index is 0.420. The normalized spacial score (nSPS) is 27.3. The van der Waals surface area contributed by atoms with Crippen LogP contribution in [0.1, 0.15) is 24.8 Å². The van der Waals surface area contributed by atoms with Crippen molar-refractivity contribution in [1.82, 2.24) is 0 Å². The van der Waals surface area contributed by atoms with E-state index in [0.29, 0.717) is 18.7 Å². The molecule has 0 bridgehead atoms. The van der Waals surface area contributed by atoms with Crippen molar-refractivity contribution in [2.75, 3.05) is 18.1 Å². The van der Waals surface area contributed by atoms with E-state index >= 15 is 0 Å². The molecule has 2 unspecified atom stereocenters. The second kappa shape index (κ2) is 5.19. The van der Waals surface area contributed by atoms with Crippen LogP contribution in [0.4, 0.5) is 5.69 Å². The predicted octanol–water partition coefficient (Wildman–Crippen LogP) is 2.67. The Bertz CT molecular complexity index is 438. The van der Waals surface area contributed by atoms with Gasteiger partial charge in [-0.2, -0.15) is 0 Å². The van der Waals surface area contributed by atoms with Crippen LogP contribution in [0.25, 0.3) is 0 Å². The number of ether oxygens (including phenoxy) is 1. The number of benzene rings is 1. The minimum Gasteiger partial charge on any atom is -0.374 e. The first kappa shape index (κ1) is 12.5. The van der Waals surface area contributed by atoms with Crippen LogP contribution in [-0.2, 0) is 11.3 Å². The summed E-state index contributed by atoms with van der Waals surface area (Å²) in [6.45, 7) is 2.40. The summed E-state index contributed by atoms with van der Waals surface area (Å²) < 4.78 is 6.99. The van der Waals surface area contributed by atoms with Crippen LogP contribution in [0, 0.1) is 0 Å². The van der Waals surface area contributed by atoms with E-state index in [4.69, 9.17) is 10.5 Å². The molecule has 1 saturated carbocycles. The first-order chi connectivity index (χ1) is 8.79. The maximum atomic E-state index is 5.87. The van der Waals surface area contributed by atoms with Crippen molar-refractivity contribution >= 4 is 21.6 Å². The van der Waals surface area contributed by atoms with Gasteiger partial charge in [-0.25, -0.2) is 0 Å². The zero-order valence-electron chi connectivity index (χ0n) is 10.4. The molecular formula is C14H19BrN2O. The molecule has 18 heavy (non-hydrogen) atoms. The quantitative estimate of drug-likeness (QED) is 0.912. The van der Waals surface area contributed by atoms with E-state index in [9.17, 15) is 0 Å². The molecule has 1 aromatic carbocycles. The third-order valence-corrected chi connectivity index (χ3v) is 4.55. The highest BCUT2D eigenvalue weighted by Crippen LogP contribution is 2.35. The topological polar surface area (TPSA) is 38.5 Å². The summed E-state index contributed by atoms with van der Waals surface area (Å²) >= 11 is 3.57. The molecule has 2 fully saturated rings. The van der Waals surface area contributed by atoms with Crippen molar-refractivity contribution in [1.29, 1.82) is 0 Å². The summed E-state index contributed by atoms with van der Waals surface area (Å²) in [4.78, 5) is 2.51.